The number of benzene rings is 1. The smallest absolute Gasteiger partial charge is 0.319 e. The van der Waals surface area contributed by atoms with Gasteiger partial charge < -0.3 is 20.9 Å². The van der Waals surface area contributed by atoms with Crippen molar-refractivity contribution in [1.29, 1.82) is 0 Å². The molecular weight excluding hydrogens is 268 g/mol. The molecule has 1 aromatic rings. The highest BCUT2D eigenvalue weighted by atomic mass is 16.2. The van der Waals surface area contributed by atoms with Crippen LogP contribution in [0.1, 0.15) is 12.5 Å². The Morgan fingerprint density at radius 1 is 1.43 bits per heavy atom. The van der Waals surface area contributed by atoms with Crippen molar-refractivity contribution in [2.75, 3.05) is 31.5 Å². The third kappa shape index (κ3) is 4.75. The normalized spacial score (nSPS) is 18.2. The zero-order valence-corrected chi connectivity index (χ0v) is 12.5. The second kappa shape index (κ2) is 7.08. The molecule has 6 nitrogen and oxygen atoms in total. The van der Waals surface area contributed by atoms with E-state index in [2.05, 4.69) is 16.0 Å². The van der Waals surface area contributed by atoms with Gasteiger partial charge in [0.2, 0.25) is 5.91 Å². The zero-order chi connectivity index (χ0) is 15.2. The Bertz CT molecular complexity index is 518. The lowest BCUT2D eigenvalue weighted by atomic mass is 10.2. The minimum Gasteiger partial charge on any atom is -0.338 e. The molecule has 0 aromatic heterocycles. The van der Waals surface area contributed by atoms with E-state index in [9.17, 15) is 9.59 Å². The Hall–Kier alpha value is -2.08. The molecule has 21 heavy (non-hydrogen) atoms. The van der Waals surface area contributed by atoms with Gasteiger partial charge >= 0.3 is 6.03 Å². The van der Waals surface area contributed by atoms with Gasteiger partial charge in [0.15, 0.2) is 0 Å². The molecule has 0 saturated carbocycles. The summed E-state index contributed by atoms with van der Waals surface area (Å²) in [6, 6.07) is 7.45. The number of piperazine rings is 1. The number of urea groups is 1. The first kappa shape index (κ1) is 15.3. The van der Waals surface area contributed by atoms with E-state index in [1.165, 1.54) is 0 Å². The summed E-state index contributed by atoms with van der Waals surface area (Å²) in [7, 11) is 0. The van der Waals surface area contributed by atoms with Crippen LogP contribution in [-0.4, -0.2) is 49.1 Å². The molecule has 1 unspecified atom stereocenters. The molecule has 0 spiro atoms. The fourth-order valence-electron chi connectivity index (χ4n) is 2.32. The lowest BCUT2D eigenvalue weighted by molar-refractivity contribution is -0.131. The van der Waals surface area contributed by atoms with Crippen molar-refractivity contribution in [3.8, 4) is 0 Å². The van der Waals surface area contributed by atoms with Crippen LogP contribution in [0.25, 0.3) is 0 Å². The SMILES string of the molecule is Cc1cccc(NC(=O)NCC(=O)N2CCNC(C)C2)c1. The van der Waals surface area contributed by atoms with Crippen LogP contribution in [0.2, 0.25) is 0 Å². The average molecular weight is 290 g/mol. The Morgan fingerprint density at radius 3 is 2.95 bits per heavy atom. The van der Waals surface area contributed by atoms with Crippen LogP contribution < -0.4 is 16.0 Å². The van der Waals surface area contributed by atoms with Gasteiger partial charge in [-0.2, -0.15) is 0 Å². The molecule has 0 radical (unpaired) electrons. The predicted octanol–water partition coefficient (Wildman–Crippen LogP) is 0.937. The van der Waals surface area contributed by atoms with Crippen LogP contribution >= 0.6 is 0 Å². The van der Waals surface area contributed by atoms with Gasteiger partial charge in [-0.25, -0.2) is 4.79 Å². The van der Waals surface area contributed by atoms with E-state index in [-0.39, 0.29) is 18.5 Å². The van der Waals surface area contributed by atoms with Gasteiger partial charge in [-0.1, -0.05) is 12.1 Å². The van der Waals surface area contributed by atoms with Crippen molar-refractivity contribution >= 4 is 17.6 Å². The maximum atomic E-state index is 12.0. The number of anilines is 1. The number of hydrogen-bond acceptors (Lipinski definition) is 3. The minimum atomic E-state index is -0.364. The first-order valence-electron chi connectivity index (χ1n) is 7.17. The summed E-state index contributed by atoms with van der Waals surface area (Å²) < 4.78 is 0. The van der Waals surface area contributed by atoms with Crippen LogP contribution in [0.3, 0.4) is 0 Å². The number of carbonyl (C=O) groups excluding carboxylic acids is 2. The molecule has 1 aromatic carbocycles. The Kier molecular flexibility index (Phi) is 5.16. The number of nitrogens with one attached hydrogen (secondary N) is 3. The fraction of sp³-hybridized carbons (Fsp3) is 0.467. The molecule has 0 bridgehead atoms. The largest absolute Gasteiger partial charge is 0.338 e. The molecule has 1 saturated heterocycles. The summed E-state index contributed by atoms with van der Waals surface area (Å²) in [5.74, 6) is -0.0530. The summed E-state index contributed by atoms with van der Waals surface area (Å²) in [6.07, 6.45) is 0. The van der Waals surface area contributed by atoms with Gasteiger partial charge in [0.25, 0.3) is 0 Å². The summed E-state index contributed by atoms with van der Waals surface area (Å²) in [6.45, 7) is 6.17. The van der Waals surface area contributed by atoms with Crippen LogP contribution in [-0.2, 0) is 4.79 Å². The van der Waals surface area contributed by atoms with E-state index in [1.54, 1.807) is 4.90 Å². The monoisotopic (exact) mass is 290 g/mol. The molecule has 3 N–H and O–H groups in total. The number of carbonyl (C=O) groups is 2. The van der Waals surface area contributed by atoms with Gasteiger partial charge in [0, 0.05) is 31.4 Å². The number of rotatable bonds is 3. The highest BCUT2D eigenvalue weighted by Gasteiger charge is 2.20. The molecule has 114 valence electrons. The van der Waals surface area contributed by atoms with Gasteiger partial charge in [0.05, 0.1) is 6.54 Å². The number of aryl methyl sites for hydroxylation is 1. The van der Waals surface area contributed by atoms with Crippen molar-refractivity contribution in [2.24, 2.45) is 0 Å². The number of amides is 3. The summed E-state index contributed by atoms with van der Waals surface area (Å²) in [5, 5.41) is 8.59. The lowest BCUT2D eigenvalue weighted by Crippen LogP contribution is -2.53. The van der Waals surface area contributed by atoms with E-state index in [0.717, 1.165) is 17.8 Å². The van der Waals surface area contributed by atoms with Crippen molar-refractivity contribution in [3.63, 3.8) is 0 Å². The topological polar surface area (TPSA) is 73.5 Å². The molecular formula is C15H22N4O2. The van der Waals surface area contributed by atoms with Crippen molar-refractivity contribution < 1.29 is 9.59 Å². The molecule has 3 amide bonds. The third-order valence-electron chi connectivity index (χ3n) is 3.40. The average Bonchev–Trinajstić information content (AvgIpc) is 2.45. The second-order valence-corrected chi connectivity index (χ2v) is 5.37. The molecule has 1 aliphatic rings. The van der Waals surface area contributed by atoms with E-state index in [0.29, 0.717) is 19.1 Å². The molecule has 0 aliphatic carbocycles. The molecule has 2 rings (SSSR count). The Balaban J connectivity index is 1.77. The van der Waals surface area contributed by atoms with Crippen LogP contribution in [0.15, 0.2) is 24.3 Å². The highest BCUT2D eigenvalue weighted by Crippen LogP contribution is 2.08. The van der Waals surface area contributed by atoms with Crippen molar-refractivity contribution in [1.82, 2.24) is 15.5 Å². The highest BCUT2D eigenvalue weighted by molar-refractivity contribution is 5.92. The second-order valence-electron chi connectivity index (χ2n) is 5.37. The first-order valence-corrected chi connectivity index (χ1v) is 7.17. The fourth-order valence-corrected chi connectivity index (χ4v) is 2.32. The summed E-state index contributed by atoms with van der Waals surface area (Å²) >= 11 is 0. The van der Waals surface area contributed by atoms with Crippen LogP contribution in [0.4, 0.5) is 10.5 Å². The van der Waals surface area contributed by atoms with E-state index >= 15 is 0 Å². The Morgan fingerprint density at radius 2 is 2.24 bits per heavy atom. The quantitative estimate of drug-likeness (QED) is 0.775. The number of hydrogen-bond donors (Lipinski definition) is 3. The van der Waals surface area contributed by atoms with E-state index in [1.807, 2.05) is 38.1 Å². The van der Waals surface area contributed by atoms with E-state index in [4.69, 9.17) is 0 Å². The van der Waals surface area contributed by atoms with Gasteiger partial charge in [0.1, 0.15) is 0 Å². The van der Waals surface area contributed by atoms with Crippen LogP contribution in [0.5, 0.6) is 0 Å². The molecule has 1 heterocycles. The number of nitrogens with zero attached hydrogens (tertiary/aromatic N) is 1. The van der Waals surface area contributed by atoms with Crippen LogP contribution in [0, 0.1) is 6.92 Å². The standard InChI is InChI=1S/C15H22N4O2/c1-11-4-3-5-13(8-11)18-15(21)17-9-14(20)19-7-6-16-12(2)10-19/h3-5,8,12,16H,6-7,9-10H2,1-2H3,(H2,17,18,21). The molecule has 6 heteroatoms. The summed E-state index contributed by atoms with van der Waals surface area (Å²) in [5.41, 5.74) is 1.79. The maximum Gasteiger partial charge on any atom is 0.319 e. The van der Waals surface area contributed by atoms with Gasteiger partial charge in [-0.05, 0) is 31.5 Å². The predicted molar refractivity (Wildman–Crippen MR) is 82.2 cm³/mol. The summed E-state index contributed by atoms with van der Waals surface area (Å²) in [4.78, 5) is 25.6. The van der Waals surface area contributed by atoms with E-state index < -0.39 is 0 Å². The lowest BCUT2D eigenvalue weighted by Gasteiger charge is -2.31. The van der Waals surface area contributed by atoms with Crippen molar-refractivity contribution in [2.45, 2.75) is 19.9 Å². The maximum absolute atomic E-state index is 12.0. The van der Waals surface area contributed by atoms with Crippen molar-refractivity contribution in [3.05, 3.63) is 29.8 Å². The van der Waals surface area contributed by atoms with Gasteiger partial charge in [-0.15, -0.1) is 0 Å². The third-order valence-corrected chi connectivity index (χ3v) is 3.40. The Labute approximate surface area is 124 Å². The minimum absolute atomic E-state index is 0.0182. The zero-order valence-electron chi connectivity index (χ0n) is 12.5. The molecule has 1 fully saturated rings. The molecule has 1 atom stereocenters. The van der Waals surface area contributed by atoms with Gasteiger partial charge in [-0.3, -0.25) is 4.79 Å². The first-order chi connectivity index (χ1) is 10.0. The molecule has 1 aliphatic heterocycles.